The van der Waals surface area contributed by atoms with E-state index in [1.54, 1.807) is 18.5 Å². The van der Waals surface area contributed by atoms with E-state index in [1.807, 2.05) is 19.1 Å². The van der Waals surface area contributed by atoms with Gasteiger partial charge in [-0.3, -0.25) is 0 Å². The first-order valence-corrected chi connectivity index (χ1v) is 18.8. The Labute approximate surface area is 301 Å². The highest BCUT2D eigenvalue weighted by molar-refractivity contribution is 5.59. The molecule has 1 aliphatic heterocycles. The number of aliphatic hydroxyl groups is 1. The topological polar surface area (TPSA) is 135 Å². The second kappa shape index (κ2) is 15.9. The third-order valence-corrected chi connectivity index (χ3v) is 11.9. The van der Waals surface area contributed by atoms with Crippen molar-refractivity contribution in [3.63, 3.8) is 0 Å². The number of nitrogens with one attached hydrogen (secondary N) is 1. The summed E-state index contributed by atoms with van der Waals surface area (Å²) in [6, 6.07) is 9.96. The number of aliphatic hydroxyl groups excluding tert-OH is 1. The number of rotatable bonds is 12. The van der Waals surface area contributed by atoms with Crippen molar-refractivity contribution in [2.75, 3.05) is 26.9 Å². The van der Waals surface area contributed by atoms with Crippen molar-refractivity contribution in [1.29, 1.82) is 0 Å². The van der Waals surface area contributed by atoms with Gasteiger partial charge in [0.05, 0.1) is 25.4 Å². The molecule has 9 atom stereocenters. The first-order valence-electron chi connectivity index (χ1n) is 18.8. The molecule has 3 aromatic rings. The van der Waals surface area contributed by atoms with E-state index in [4.69, 9.17) is 14.2 Å². The van der Waals surface area contributed by atoms with Crippen molar-refractivity contribution in [1.82, 2.24) is 10.3 Å². The molecule has 1 aromatic heterocycles. The Hall–Kier alpha value is -3.76. The van der Waals surface area contributed by atoms with Crippen molar-refractivity contribution < 1.29 is 34.6 Å². The standard InChI is InChI=1S/C42H53N2O7/c1-3-50-17-5-15-44-29-10-12-30-28(19-29)6-4-7-31(30)33-20-26(9-13-36(33)45)27-8-11-32-37(46)23-40(51-39(32)21-27)34-22-38(47)41(48)42(49-2)35(34)18-25-14-16-43-24-25/h4,7,9-10,12-14,16,20,22,24,27-32,37,39-40,44-48H,3,5-6,8,11,15,17-19,21,23H2,1-2H3/q-1. The number of ether oxygens (including phenoxy) is 3. The summed E-state index contributed by atoms with van der Waals surface area (Å²) in [5.74, 6) is 1.15. The lowest BCUT2D eigenvalue weighted by Crippen LogP contribution is -2.44. The quantitative estimate of drug-likeness (QED) is 0.0791. The predicted molar refractivity (Wildman–Crippen MR) is 195 cm³/mol. The number of aromatic nitrogens is 1. The predicted octanol–water partition coefficient (Wildman–Crippen LogP) is 6.76. The average Bonchev–Trinajstić information content (AvgIpc) is 3.66. The van der Waals surface area contributed by atoms with Gasteiger partial charge in [-0.05, 0) is 99.4 Å². The highest BCUT2D eigenvalue weighted by atomic mass is 16.5. The van der Waals surface area contributed by atoms with E-state index in [2.05, 4.69) is 46.7 Å². The van der Waals surface area contributed by atoms with Gasteiger partial charge in [-0.15, -0.1) is 0 Å². The summed E-state index contributed by atoms with van der Waals surface area (Å²) < 4.78 is 17.9. The fourth-order valence-corrected chi connectivity index (χ4v) is 9.26. The normalized spacial score (nSPS) is 30.1. The van der Waals surface area contributed by atoms with Crippen molar-refractivity contribution in [2.24, 2.45) is 17.8 Å². The summed E-state index contributed by atoms with van der Waals surface area (Å²) in [6.45, 7) is 4.51. The van der Waals surface area contributed by atoms with Crippen molar-refractivity contribution in [3.05, 3.63) is 94.8 Å². The lowest BCUT2D eigenvalue weighted by Gasteiger charge is -2.45. The van der Waals surface area contributed by atoms with Crippen LogP contribution >= 0.6 is 0 Å². The van der Waals surface area contributed by atoms with Crippen molar-refractivity contribution in [2.45, 2.75) is 94.5 Å². The van der Waals surface area contributed by atoms with Crippen molar-refractivity contribution in [3.8, 4) is 23.0 Å². The summed E-state index contributed by atoms with van der Waals surface area (Å²) in [7, 11) is 1.48. The SMILES string of the molecule is CCOCCCNC1C=CC2C(CC=CC2c2cc(C3CCC4C(O)CC(c5cc(O)c(O)c(OC)c5Cc5cc[n-]c5)OC4C3)ccc2O)C1. The molecule has 9 heteroatoms. The van der Waals surface area contributed by atoms with Crippen LogP contribution in [0.2, 0.25) is 0 Å². The van der Waals surface area contributed by atoms with E-state index >= 15 is 0 Å². The molecular weight excluding hydrogens is 644 g/mol. The molecule has 0 bridgehead atoms. The first-order chi connectivity index (χ1) is 24.8. The number of allylic oxidation sites excluding steroid dienone is 3. The van der Waals surface area contributed by atoms with Crippen LogP contribution in [0.25, 0.3) is 0 Å². The Balaban J connectivity index is 1.08. The first kappa shape index (κ1) is 35.6. The van der Waals surface area contributed by atoms with Gasteiger partial charge >= 0.3 is 0 Å². The van der Waals surface area contributed by atoms with Crippen LogP contribution in [0.1, 0.15) is 97.6 Å². The van der Waals surface area contributed by atoms with Gasteiger partial charge < -0.3 is 44.9 Å². The molecule has 1 saturated carbocycles. The number of methoxy groups -OCH3 is 1. The number of phenols is 3. The smallest absolute Gasteiger partial charge is 0.200 e. The van der Waals surface area contributed by atoms with E-state index in [9.17, 15) is 20.4 Å². The molecule has 9 unspecified atom stereocenters. The zero-order valence-electron chi connectivity index (χ0n) is 29.8. The van der Waals surface area contributed by atoms with Gasteiger partial charge in [0.25, 0.3) is 0 Å². The molecule has 3 aliphatic carbocycles. The minimum absolute atomic E-state index is 0.0135. The number of hydrogen-bond acceptors (Lipinski definition) is 8. The number of nitrogens with zero attached hydrogens (tertiary/aromatic N) is 1. The Morgan fingerprint density at radius 3 is 2.67 bits per heavy atom. The molecule has 9 nitrogen and oxygen atoms in total. The lowest BCUT2D eigenvalue weighted by molar-refractivity contribution is -0.154. The van der Waals surface area contributed by atoms with Crippen molar-refractivity contribution >= 4 is 0 Å². The van der Waals surface area contributed by atoms with Gasteiger partial charge in [0.2, 0.25) is 5.75 Å². The van der Waals surface area contributed by atoms with Crippen LogP contribution in [-0.2, 0) is 15.9 Å². The summed E-state index contributed by atoms with van der Waals surface area (Å²) in [5, 5.41) is 47.7. The third kappa shape index (κ3) is 7.58. The van der Waals surface area contributed by atoms with Gasteiger partial charge in [-0.1, -0.05) is 48.1 Å². The average molecular weight is 698 g/mol. The minimum atomic E-state index is -0.564. The maximum atomic E-state index is 11.5. The van der Waals surface area contributed by atoms with Gasteiger partial charge in [-0.2, -0.15) is 12.4 Å². The Morgan fingerprint density at radius 1 is 0.980 bits per heavy atom. The fourth-order valence-electron chi connectivity index (χ4n) is 9.26. The maximum absolute atomic E-state index is 11.5. The fraction of sp³-hybridized carbons (Fsp3) is 0.524. The molecule has 4 aliphatic rings. The van der Waals surface area contributed by atoms with Crippen LogP contribution in [0.3, 0.4) is 0 Å². The van der Waals surface area contributed by atoms with E-state index in [0.717, 1.165) is 69.4 Å². The van der Waals surface area contributed by atoms with E-state index in [1.165, 1.54) is 12.7 Å². The molecule has 0 spiro atoms. The van der Waals surface area contributed by atoms with E-state index < -0.39 is 12.2 Å². The highest BCUT2D eigenvalue weighted by Crippen LogP contribution is 2.51. The zero-order chi connectivity index (χ0) is 35.5. The van der Waals surface area contributed by atoms with Crippen LogP contribution in [0.15, 0.2) is 67.0 Å². The van der Waals surface area contributed by atoms with Crippen LogP contribution in [0.4, 0.5) is 0 Å². The van der Waals surface area contributed by atoms with Crippen LogP contribution in [0.5, 0.6) is 23.0 Å². The molecule has 5 N–H and O–H groups in total. The summed E-state index contributed by atoms with van der Waals surface area (Å²) >= 11 is 0. The second-order valence-electron chi connectivity index (χ2n) is 14.9. The van der Waals surface area contributed by atoms with Crippen LogP contribution in [0, 0.1) is 17.8 Å². The molecular formula is C42H53N2O7-. The van der Waals surface area contributed by atoms with E-state index in [0.29, 0.717) is 47.6 Å². The summed E-state index contributed by atoms with van der Waals surface area (Å²) in [5.41, 5.74) is 4.54. The monoisotopic (exact) mass is 697 g/mol. The van der Waals surface area contributed by atoms with Gasteiger partial charge in [-0.25, -0.2) is 0 Å². The van der Waals surface area contributed by atoms with Crippen LogP contribution in [-0.4, -0.2) is 65.5 Å². The number of aromatic hydroxyl groups is 3. The molecule has 0 radical (unpaired) electrons. The Bertz CT molecular complexity index is 1690. The molecule has 7 rings (SSSR count). The molecule has 1 saturated heterocycles. The molecule has 0 amide bonds. The van der Waals surface area contributed by atoms with Gasteiger partial charge in [0.1, 0.15) is 5.75 Å². The number of hydrogen-bond donors (Lipinski definition) is 5. The Morgan fingerprint density at radius 2 is 1.86 bits per heavy atom. The highest BCUT2D eigenvalue weighted by Gasteiger charge is 2.44. The lowest BCUT2D eigenvalue weighted by atomic mass is 9.67. The summed E-state index contributed by atoms with van der Waals surface area (Å²) in [6.07, 6.45) is 18.0. The van der Waals surface area contributed by atoms with Crippen LogP contribution < -0.4 is 15.0 Å². The number of phenolic OH excluding ortho intramolecular Hbond substituents is 3. The molecule has 2 heterocycles. The largest absolute Gasteiger partial charge is 0.670 e. The van der Waals surface area contributed by atoms with E-state index in [-0.39, 0.29) is 41.1 Å². The second-order valence-corrected chi connectivity index (χ2v) is 14.9. The molecule has 2 aromatic carbocycles. The number of benzene rings is 2. The molecule has 274 valence electrons. The summed E-state index contributed by atoms with van der Waals surface area (Å²) in [4.78, 5) is 4.19. The zero-order valence-corrected chi connectivity index (χ0v) is 29.8. The number of fused-ring (bicyclic) bond motifs is 2. The minimum Gasteiger partial charge on any atom is -0.670 e. The Kier molecular flexibility index (Phi) is 11.1. The molecule has 51 heavy (non-hydrogen) atoms. The van der Waals surface area contributed by atoms with Gasteiger partial charge in [0.15, 0.2) is 11.5 Å². The van der Waals surface area contributed by atoms with Gasteiger partial charge in [0, 0.05) is 48.6 Å². The molecule has 2 fully saturated rings. The maximum Gasteiger partial charge on any atom is 0.200 e. The third-order valence-electron chi connectivity index (χ3n) is 11.9.